The Balaban J connectivity index is 4.75. The van der Waals surface area contributed by atoms with Crippen LogP contribution in [0, 0.1) is 5.92 Å². The van der Waals surface area contributed by atoms with Crippen LogP contribution in [0.5, 0.6) is 0 Å². The highest BCUT2D eigenvalue weighted by Crippen LogP contribution is 2.18. The third-order valence-electron chi connectivity index (χ3n) is 2.22. The van der Waals surface area contributed by atoms with E-state index in [1.165, 1.54) is 0 Å². The third-order valence-corrected chi connectivity index (χ3v) is 2.22. The van der Waals surface area contributed by atoms with Gasteiger partial charge in [-0.15, -0.1) is 0 Å². The van der Waals surface area contributed by atoms with Crippen molar-refractivity contribution in [3.05, 3.63) is 35.3 Å². The van der Waals surface area contributed by atoms with Crippen molar-refractivity contribution < 1.29 is 10.0 Å². The standard InChI is InChI=1S/C11H19BO2/c1-6-11(12(13)14)7-9(4)10(5)8(2)3/h6-8,13-14H,5H2,1-4H3. The highest BCUT2D eigenvalue weighted by atomic mass is 16.4. The van der Waals surface area contributed by atoms with Crippen molar-refractivity contribution in [2.75, 3.05) is 0 Å². The van der Waals surface area contributed by atoms with Crippen LogP contribution in [-0.2, 0) is 0 Å². The molecule has 14 heavy (non-hydrogen) atoms. The van der Waals surface area contributed by atoms with Gasteiger partial charge in [-0.2, -0.15) is 0 Å². The Morgan fingerprint density at radius 2 is 1.86 bits per heavy atom. The first kappa shape index (κ1) is 13.2. The van der Waals surface area contributed by atoms with Crippen LogP contribution in [0.25, 0.3) is 0 Å². The van der Waals surface area contributed by atoms with E-state index >= 15 is 0 Å². The van der Waals surface area contributed by atoms with Gasteiger partial charge in [-0.3, -0.25) is 0 Å². The van der Waals surface area contributed by atoms with Gasteiger partial charge in [0.25, 0.3) is 0 Å². The lowest BCUT2D eigenvalue weighted by Crippen LogP contribution is -2.14. The maximum Gasteiger partial charge on any atom is 0.488 e. The number of allylic oxidation sites excluding steroid dienone is 5. The largest absolute Gasteiger partial charge is 0.488 e. The van der Waals surface area contributed by atoms with E-state index in [4.69, 9.17) is 10.0 Å². The summed E-state index contributed by atoms with van der Waals surface area (Å²) in [5.74, 6) is 0.375. The zero-order chi connectivity index (χ0) is 11.3. The van der Waals surface area contributed by atoms with Crippen molar-refractivity contribution in [3.63, 3.8) is 0 Å². The molecule has 0 aliphatic heterocycles. The van der Waals surface area contributed by atoms with Crippen molar-refractivity contribution in [2.24, 2.45) is 5.92 Å². The quantitative estimate of drug-likeness (QED) is 0.531. The molecule has 0 saturated carbocycles. The number of hydrogen-bond acceptors (Lipinski definition) is 2. The summed E-state index contributed by atoms with van der Waals surface area (Å²) in [4.78, 5) is 0. The van der Waals surface area contributed by atoms with Gasteiger partial charge in [-0.1, -0.05) is 32.6 Å². The van der Waals surface area contributed by atoms with E-state index in [2.05, 4.69) is 20.4 Å². The molecule has 0 atom stereocenters. The van der Waals surface area contributed by atoms with E-state index < -0.39 is 7.12 Å². The molecule has 0 spiro atoms. The molecular weight excluding hydrogens is 175 g/mol. The number of rotatable bonds is 4. The molecule has 2 N–H and O–H groups in total. The van der Waals surface area contributed by atoms with Crippen molar-refractivity contribution >= 4 is 7.12 Å². The predicted molar refractivity (Wildman–Crippen MR) is 61.7 cm³/mol. The fourth-order valence-electron chi connectivity index (χ4n) is 1.10. The van der Waals surface area contributed by atoms with Crippen LogP contribution in [0.4, 0.5) is 0 Å². The van der Waals surface area contributed by atoms with Gasteiger partial charge in [0, 0.05) is 0 Å². The second-order valence-electron chi connectivity index (χ2n) is 3.67. The molecular formula is C11H19BO2. The van der Waals surface area contributed by atoms with E-state index in [0.29, 0.717) is 11.4 Å². The van der Waals surface area contributed by atoms with Gasteiger partial charge >= 0.3 is 7.12 Å². The molecule has 0 aliphatic rings. The van der Waals surface area contributed by atoms with Crippen molar-refractivity contribution in [2.45, 2.75) is 27.7 Å². The molecule has 3 heteroatoms. The van der Waals surface area contributed by atoms with Gasteiger partial charge in [0.1, 0.15) is 0 Å². The van der Waals surface area contributed by atoms with Crippen molar-refractivity contribution in [3.8, 4) is 0 Å². The van der Waals surface area contributed by atoms with Gasteiger partial charge in [-0.25, -0.2) is 0 Å². The Labute approximate surface area is 86.8 Å². The second kappa shape index (κ2) is 5.84. The fraction of sp³-hybridized carbons (Fsp3) is 0.455. The lowest BCUT2D eigenvalue weighted by atomic mass is 9.77. The van der Waals surface area contributed by atoms with Crippen LogP contribution < -0.4 is 0 Å². The van der Waals surface area contributed by atoms with Crippen molar-refractivity contribution in [1.82, 2.24) is 0 Å². The van der Waals surface area contributed by atoms with Crippen LogP contribution in [0.3, 0.4) is 0 Å². The molecule has 0 saturated heterocycles. The zero-order valence-electron chi connectivity index (χ0n) is 9.41. The monoisotopic (exact) mass is 194 g/mol. The molecule has 0 fully saturated rings. The highest BCUT2D eigenvalue weighted by molar-refractivity contribution is 6.51. The highest BCUT2D eigenvalue weighted by Gasteiger charge is 2.12. The first-order valence-corrected chi connectivity index (χ1v) is 4.80. The lowest BCUT2D eigenvalue weighted by molar-refractivity contribution is 0.420. The minimum atomic E-state index is -1.41. The number of hydrogen-bond donors (Lipinski definition) is 2. The van der Waals surface area contributed by atoms with E-state index in [9.17, 15) is 0 Å². The van der Waals surface area contributed by atoms with Gasteiger partial charge in [-0.05, 0) is 36.4 Å². The van der Waals surface area contributed by atoms with E-state index in [0.717, 1.165) is 11.1 Å². The van der Waals surface area contributed by atoms with Gasteiger partial charge in [0.2, 0.25) is 0 Å². The predicted octanol–water partition coefficient (Wildman–Crippen LogP) is 2.10. The second-order valence-corrected chi connectivity index (χ2v) is 3.67. The van der Waals surface area contributed by atoms with E-state index in [1.54, 1.807) is 19.1 Å². The first-order chi connectivity index (χ1) is 6.40. The topological polar surface area (TPSA) is 40.5 Å². The molecule has 0 unspecified atom stereocenters. The minimum Gasteiger partial charge on any atom is -0.423 e. The maximum absolute atomic E-state index is 8.99. The average Bonchev–Trinajstić information content (AvgIpc) is 2.11. The summed E-state index contributed by atoms with van der Waals surface area (Å²) in [6, 6.07) is 0. The lowest BCUT2D eigenvalue weighted by Gasteiger charge is -2.10. The molecule has 0 rings (SSSR count). The Kier molecular flexibility index (Phi) is 5.50. The summed E-state index contributed by atoms with van der Waals surface area (Å²) in [7, 11) is -1.41. The minimum absolute atomic E-state index is 0.375. The van der Waals surface area contributed by atoms with Crippen molar-refractivity contribution in [1.29, 1.82) is 0 Å². The molecule has 0 amide bonds. The molecule has 0 aromatic heterocycles. The Morgan fingerprint density at radius 1 is 1.36 bits per heavy atom. The zero-order valence-corrected chi connectivity index (χ0v) is 9.41. The van der Waals surface area contributed by atoms with E-state index in [1.807, 2.05) is 6.92 Å². The van der Waals surface area contributed by atoms with Gasteiger partial charge in [0.05, 0.1) is 0 Å². The molecule has 78 valence electrons. The average molecular weight is 194 g/mol. The Hall–Kier alpha value is -0.795. The SMILES string of the molecule is C=C(C(C)=CC(=CC)B(O)O)C(C)C. The molecule has 0 bridgehead atoms. The Bertz CT molecular complexity index is 262. The van der Waals surface area contributed by atoms with Crippen LogP contribution in [0.15, 0.2) is 35.3 Å². The summed E-state index contributed by atoms with van der Waals surface area (Å²) in [5, 5.41) is 18.0. The summed E-state index contributed by atoms with van der Waals surface area (Å²) >= 11 is 0. The summed E-state index contributed by atoms with van der Waals surface area (Å²) < 4.78 is 0. The summed E-state index contributed by atoms with van der Waals surface area (Å²) in [5.41, 5.74) is 2.51. The first-order valence-electron chi connectivity index (χ1n) is 4.80. The fourth-order valence-corrected chi connectivity index (χ4v) is 1.10. The molecule has 0 radical (unpaired) electrons. The third kappa shape index (κ3) is 3.94. The van der Waals surface area contributed by atoms with E-state index in [-0.39, 0.29) is 0 Å². The van der Waals surface area contributed by atoms with Gasteiger partial charge < -0.3 is 10.0 Å². The molecule has 0 aromatic rings. The van der Waals surface area contributed by atoms with Crippen LogP contribution in [0.2, 0.25) is 0 Å². The smallest absolute Gasteiger partial charge is 0.423 e. The van der Waals surface area contributed by atoms with Crippen LogP contribution in [-0.4, -0.2) is 17.2 Å². The molecule has 0 heterocycles. The summed E-state index contributed by atoms with van der Waals surface area (Å²) in [6.45, 7) is 11.8. The van der Waals surface area contributed by atoms with Crippen LogP contribution >= 0.6 is 0 Å². The van der Waals surface area contributed by atoms with Gasteiger partial charge in [0.15, 0.2) is 0 Å². The maximum atomic E-state index is 8.99. The molecule has 0 aromatic carbocycles. The summed E-state index contributed by atoms with van der Waals surface area (Å²) in [6.07, 6.45) is 3.44. The molecule has 0 aliphatic carbocycles. The Morgan fingerprint density at radius 3 is 2.14 bits per heavy atom. The molecule has 2 nitrogen and oxygen atoms in total. The van der Waals surface area contributed by atoms with Crippen LogP contribution in [0.1, 0.15) is 27.7 Å². The normalized spacial score (nSPS) is 13.4.